The van der Waals surface area contributed by atoms with Crippen LogP contribution in [0.4, 0.5) is 0 Å². The van der Waals surface area contributed by atoms with Crippen LogP contribution >= 0.6 is 0 Å². The minimum absolute atomic E-state index is 0.0199. The third kappa shape index (κ3) is 7.93. The van der Waals surface area contributed by atoms with Crippen molar-refractivity contribution in [3.63, 3.8) is 0 Å². The molecule has 8 heteroatoms. The molecule has 1 aliphatic rings. The van der Waals surface area contributed by atoms with Crippen LogP contribution in [0.3, 0.4) is 0 Å². The van der Waals surface area contributed by atoms with E-state index in [1.807, 2.05) is 39.8 Å². The third-order valence-corrected chi connectivity index (χ3v) is 6.76. The van der Waals surface area contributed by atoms with Crippen molar-refractivity contribution in [3.05, 3.63) is 60.0 Å². The Labute approximate surface area is 213 Å². The van der Waals surface area contributed by atoms with Gasteiger partial charge in [0.15, 0.2) is 12.8 Å². The second kappa shape index (κ2) is 12.7. The lowest BCUT2D eigenvalue weighted by Crippen LogP contribution is -2.30. The molecule has 0 aromatic carbocycles. The number of rotatable bonds is 4. The molecule has 6 atom stereocenters. The number of hydrogen-bond donors (Lipinski definition) is 0. The van der Waals surface area contributed by atoms with Gasteiger partial charge in [0.1, 0.15) is 23.7 Å². The van der Waals surface area contributed by atoms with E-state index >= 15 is 0 Å². The van der Waals surface area contributed by atoms with E-state index in [0.717, 1.165) is 0 Å². The first-order valence-electron chi connectivity index (χ1n) is 12.7. The molecule has 2 aromatic heterocycles. The summed E-state index contributed by atoms with van der Waals surface area (Å²) < 4.78 is 22.8. The van der Waals surface area contributed by atoms with Gasteiger partial charge in [-0.05, 0) is 50.4 Å². The molecule has 0 aliphatic carbocycles. The zero-order valence-electron chi connectivity index (χ0n) is 22.1. The minimum Gasteiger partial charge on any atom is -0.458 e. The maximum atomic E-state index is 13.0. The van der Waals surface area contributed by atoms with Crippen molar-refractivity contribution >= 4 is 11.9 Å². The van der Waals surface area contributed by atoms with Gasteiger partial charge >= 0.3 is 11.9 Å². The summed E-state index contributed by atoms with van der Waals surface area (Å²) in [6, 6.07) is 0. The topological polar surface area (TPSA) is 105 Å². The maximum absolute atomic E-state index is 13.0. The van der Waals surface area contributed by atoms with Gasteiger partial charge in [0.25, 0.3) is 0 Å². The fraction of sp³-hybridized carbons (Fsp3) is 0.571. The molecule has 0 N–H and O–H groups in total. The van der Waals surface area contributed by atoms with Gasteiger partial charge in [-0.25, -0.2) is 19.6 Å². The largest absolute Gasteiger partial charge is 0.458 e. The number of allylic oxidation sites excluding steroid dienone is 2. The van der Waals surface area contributed by atoms with Gasteiger partial charge < -0.3 is 18.3 Å². The molecule has 0 amide bonds. The first-order valence-corrected chi connectivity index (χ1v) is 12.7. The minimum atomic E-state index is -0.384. The number of oxazole rings is 2. The van der Waals surface area contributed by atoms with Gasteiger partial charge in [0.05, 0.1) is 12.4 Å². The highest BCUT2D eigenvalue weighted by Crippen LogP contribution is 2.27. The molecular formula is C28H38N2O6. The first-order chi connectivity index (χ1) is 17.1. The Balaban J connectivity index is 1.87. The predicted octanol–water partition coefficient (Wildman–Crippen LogP) is 5.50. The molecule has 0 spiro atoms. The van der Waals surface area contributed by atoms with Crippen molar-refractivity contribution in [2.45, 2.75) is 79.4 Å². The van der Waals surface area contributed by atoms with E-state index in [0.29, 0.717) is 48.3 Å². The number of carbonyl (C=O) groups excluding carboxylic acids is 2. The normalized spacial score (nSPS) is 30.6. The fourth-order valence-electron chi connectivity index (χ4n) is 4.86. The van der Waals surface area contributed by atoms with Gasteiger partial charge in [0, 0.05) is 24.0 Å². The van der Waals surface area contributed by atoms with Crippen LogP contribution in [0.25, 0.3) is 0 Å². The van der Waals surface area contributed by atoms with E-state index in [-0.39, 0.29) is 47.8 Å². The second-order valence-electron chi connectivity index (χ2n) is 10.3. The smallest absolute Gasteiger partial charge is 0.333 e. The summed E-state index contributed by atoms with van der Waals surface area (Å²) in [6.07, 6.45) is 11.4. The Bertz CT molecular complexity index is 956. The Morgan fingerprint density at radius 1 is 0.722 bits per heavy atom. The summed E-state index contributed by atoms with van der Waals surface area (Å²) in [5.74, 6) is 0.843. The van der Waals surface area contributed by atoms with Crippen molar-refractivity contribution in [2.24, 2.45) is 23.7 Å². The van der Waals surface area contributed by atoms with E-state index in [1.165, 1.54) is 12.8 Å². The van der Waals surface area contributed by atoms with E-state index < -0.39 is 0 Å². The standard InChI is InChI=1S/C28H38N2O6/c1-17-7-19(3)25(11-23-13-29-15-33-23)35-28(32)22(6)10-18(2)8-20(4)26(12-24-14-30-16-34-24)36-27(31)21(5)9-17/h9-10,13-20,25-26H,7-8,11-12H2,1-6H3/b21-9+,22-10?/t17-,18-,19+,20+,25-,26+/m1/s1. The molecule has 3 rings (SSSR count). The molecule has 0 radical (unpaired) electrons. The Hall–Kier alpha value is -3.16. The molecule has 0 saturated heterocycles. The van der Waals surface area contributed by atoms with E-state index in [2.05, 4.69) is 9.97 Å². The summed E-state index contributed by atoms with van der Waals surface area (Å²) in [4.78, 5) is 34.0. The summed E-state index contributed by atoms with van der Waals surface area (Å²) in [7, 11) is 0. The van der Waals surface area contributed by atoms with E-state index in [9.17, 15) is 9.59 Å². The van der Waals surface area contributed by atoms with Gasteiger partial charge in [-0.3, -0.25) is 0 Å². The monoisotopic (exact) mass is 498 g/mol. The van der Waals surface area contributed by atoms with Crippen molar-refractivity contribution in [2.75, 3.05) is 0 Å². The third-order valence-electron chi connectivity index (χ3n) is 6.76. The average Bonchev–Trinajstić information content (AvgIpc) is 3.51. The SMILES string of the molecule is CC1=C[C@H](C)C[C@H](C)[C@H](Cc2cnco2)OC(=O)/C(C)=C/[C@H](C)C[C@H](C)[C@@H](Cc2cnco2)OC1=O. The van der Waals surface area contributed by atoms with Crippen molar-refractivity contribution in [3.8, 4) is 0 Å². The van der Waals surface area contributed by atoms with Gasteiger partial charge in [-0.1, -0.05) is 39.8 Å². The van der Waals surface area contributed by atoms with Crippen molar-refractivity contribution in [1.82, 2.24) is 9.97 Å². The molecule has 2 aromatic rings. The van der Waals surface area contributed by atoms with Gasteiger partial charge in [-0.15, -0.1) is 0 Å². The number of hydrogen-bond acceptors (Lipinski definition) is 8. The summed E-state index contributed by atoms with van der Waals surface area (Å²) >= 11 is 0. The lowest BCUT2D eigenvalue weighted by atomic mass is 9.88. The average molecular weight is 499 g/mol. The number of aromatic nitrogens is 2. The molecule has 0 bridgehead atoms. The molecule has 196 valence electrons. The van der Waals surface area contributed by atoms with Gasteiger partial charge in [0.2, 0.25) is 0 Å². The molecule has 0 unspecified atom stereocenters. The summed E-state index contributed by atoms with van der Waals surface area (Å²) in [5, 5.41) is 0. The van der Waals surface area contributed by atoms with Crippen LogP contribution in [-0.2, 0) is 31.9 Å². The number of nitrogens with zero attached hydrogens (tertiary/aromatic N) is 2. The van der Waals surface area contributed by atoms with Crippen LogP contribution < -0.4 is 0 Å². The number of cyclic esters (lactones) is 2. The number of carbonyl (C=O) groups is 2. The quantitative estimate of drug-likeness (QED) is 0.509. The van der Waals surface area contributed by atoms with Crippen LogP contribution in [-0.4, -0.2) is 34.1 Å². The highest BCUT2D eigenvalue weighted by Gasteiger charge is 2.28. The molecule has 3 heterocycles. The van der Waals surface area contributed by atoms with Crippen molar-refractivity contribution in [1.29, 1.82) is 0 Å². The Morgan fingerprint density at radius 3 is 1.44 bits per heavy atom. The van der Waals surface area contributed by atoms with Gasteiger partial charge in [-0.2, -0.15) is 0 Å². The van der Waals surface area contributed by atoms with Crippen LogP contribution in [0.5, 0.6) is 0 Å². The molecule has 36 heavy (non-hydrogen) atoms. The zero-order chi connectivity index (χ0) is 26.2. The summed E-state index contributed by atoms with van der Waals surface area (Å²) in [6.45, 7) is 11.8. The van der Waals surface area contributed by atoms with Crippen molar-refractivity contribution < 1.29 is 27.9 Å². The maximum Gasteiger partial charge on any atom is 0.333 e. The molecular weight excluding hydrogens is 460 g/mol. The number of ether oxygens (including phenoxy) is 2. The fourth-order valence-corrected chi connectivity index (χ4v) is 4.86. The highest BCUT2D eigenvalue weighted by molar-refractivity contribution is 5.88. The predicted molar refractivity (Wildman–Crippen MR) is 134 cm³/mol. The van der Waals surface area contributed by atoms with Crippen LogP contribution in [0.15, 0.2) is 57.3 Å². The second-order valence-corrected chi connectivity index (χ2v) is 10.3. The first kappa shape index (κ1) is 27.4. The molecule has 1 aliphatic heterocycles. The van der Waals surface area contributed by atoms with E-state index in [4.69, 9.17) is 18.3 Å². The zero-order valence-corrected chi connectivity index (χ0v) is 22.1. The Kier molecular flexibility index (Phi) is 9.67. The molecule has 0 fully saturated rings. The Morgan fingerprint density at radius 2 is 1.11 bits per heavy atom. The van der Waals surface area contributed by atoms with E-state index in [1.54, 1.807) is 26.2 Å². The van der Waals surface area contributed by atoms with Crippen LogP contribution in [0.2, 0.25) is 0 Å². The van der Waals surface area contributed by atoms with Crippen LogP contribution in [0.1, 0.15) is 65.9 Å². The lowest BCUT2D eigenvalue weighted by molar-refractivity contribution is -0.147. The van der Waals surface area contributed by atoms with Crippen LogP contribution in [0, 0.1) is 23.7 Å². The molecule has 8 nitrogen and oxygen atoms in total. The lowest BCUT2D eigenvalue weighted by Gasteiger charge is -2.27. The summed E-state index contributed by atoms with van der Waals surface area (Å²) in [5.41, 5.74) is 1.12. The number of esters is 2. The molecule has 0 saturated carbocycles. The highest BCUT2D eigenvalue weighted by atomic mass is 16.5.